The zero-order chi connectivity index (χ0) is 8.81. The first-order chi connectivity index (χ1) is 5.79. The van der Waals surface area contributed by atoms with Crippen LogP contribution in [0, 0.1) is 0 Å². The Balaban J connectivity index is 0.000000120. The fraction of sp³-hybridized carbons (Fsp3) is 0.333. The molecule has 2 heterocycles. The number of nitrogens with zero attached hydrogens (tertiary/aromatic N) is 2. The Kier molecular flexibility index (Phi) is 2.95. The molecule has 0 atom stereocenters. The summed E-state index contributed by atoms with van der Waals surface area (Å²) in [5.41, 5.74) is 4.98. The molecule has 64 valence electrons. The second kappa shape index (κ2) is 4.22. The molecule has 2 N–H and O–H groups in total. The van der Waals surface area contributed by atoms with Gasteiger partial charge in [0.15, 0.2) is 11.6 Å². The Hall–Kier alpha value is -1.72. The van der Waals surface area contributed by atoms with Gasteiger partial charge < -0.3 is 10.9 Å². The SMILES string of the molecule is O=C1C=NNC1.O=C1C=NNC1. The van der Waals surface area contributed by atoms with Crippen LogP contribution in [0.4, 0.5) is 0 Å². The molecule has 2 aliphatic rings. The normalized spacial score (nSPS) is 18.3. The minimum Gasteiger partial charge on any atom is -0.302 e. The largest absolute Gasteiger partial charge is 0.302 e. The number of carbonyl (C=O) groups excluding carboxylic acids is 2. The average molecular weight is 168 g/mol. The third-order valence-corrected chi connectivity index (χ3v) is 1.11. The monoisotopic (exact) mass is 168 g/mol. The summed E-state index contributed by atoms with van der Waals surface area (Å²) in [5, 5.41) is 6.88. The number of ketones is 2. The quantitative estimate of drug-likeness (QED) is 0.451. The fourth-order valence-electron chi connectivity index (χ4n) is 0.574. The minimum atomic E-state index is 0.0509. The molecule has 0 unspecified atom stereocenters. The summed E-state index contributed by atoms with van der Waals surface area (Å²) in [6, 6.07) is 0. The van der Waals surface area contributed by atoms with E-state index in [4.69, 9.17) is 0 Å². The molecule has 0 bridgehead atoms. The van der Waals surface area contributed by atoms with E-state index in [2.05, 4.69) is 21.1 Å². The van der Waals surface area contributed by atoms with E-state index in [9.17, 15) is 9.59 Å². The Bertz CT molecular complexity index is 220. The zero-order valence-electron chi connectivity index (χ0n) is 6.28. The van der Waals surface area contributed by atoms with Gasteiger partial charge in [0.05, 0.1) is 25.5 Å². The number of rotatable bonds is 0. The highest BCUT2D eigenvalue weighted by atomic mass is 16.1. The molecule has 0 aromatic rings. The van der Waals surface area contributed by atoms with Crippen molar-refractivity contribution in [1.82, 2.24) is 10.9 Å². The molecule has 0 aromatic heterocycles. The van der Waals surface area contributed by atoms with Crippen molar-refractivity contribution in [2.24, 2.45) is 10.2 Å². The van der Waals surface area contributed by atoms with Gasteiger partial charge in [-0.1, -0.05) is 0 Å². The lowest BCUT2D eigenvalue weighted by Gasteiger charge is -1.75. The highest BCUT2D eigenvalue weighted by Crippen LogP contribution is 1.71. The topological polar surface area (TPSA) is 82.9 Å². The molecule has 2 aliphatic heterocycles. The lowest BCUT2D eigenvalue weighted by atomic mass is 10.5. The second-order valence-electron chi connectivity index (χ2n) is 2.12. The molecule has 2 rings (SSSR count). The van der Waals surface area contributed by atoms with Gasteiger partial charge in [0.2, 0.25) is 0 Å². The van der Waals surface area contributed by atoms with Crippen molar-refractivity contribution in [3.05, 3.63) is 0 Å². The van der Waals surface area contributed by atoms with E-state index in [1.54, 1.807) is 0 Å². The number of nitrogens with one attached hydrogen (secondary N) is 2. The molecule has 0 saturated carbocycles. The Morgan fingerprint density at radius 1 is 1.00 bits per heavy atom. The van der Waals surface area contributed by atoms with Gasteiger partial charge >= 0.3 is 0 Å². The predicted molar refractivity (Wildman–Crippen MR) is 43.0 cm³/mol. The van der Waals surface area contributed by atoms with E-state index in [1.807, 2.05) is 0 Å². The third kappa shape index (κ3) is 2.91. The van der Waals surface area contributed by atoms with E-state index in [0.29, 0.717) is 13.1 Å². The van der Waals surface area contributed by atoms with Crippen LogP contribution in [0.15, 0.2) is 10.2 Å². The zero-order valence-corrected chi connectivity index (χ0v) is 6.28. The summed E-state index contributed by atoms with van der Waals surface area (Å²) in [7, 11) is 0. The molecule has 0 aromatic carbocycles. The van der Waals surface area contributed by atoms with Crippen LogP contribution >= 0.6 is 0 Å². The highest BCUT2D eigenvalue weighted by Gasteiger charge is 1.99. The fourth-order valence-corrected chi connectivity index (χ4v) is 0.574. The summed E-state index contributed by atoms with van der Waals surface area (Å²) < 4.78 is 0. The van der Waals surface area contributed by atoms with Crippen molar-refractivity contribution in [3.63, 3.8) is 0 Å². The van der Waals surface area contributed by atoms with Crippen molar-refractivity contribution in [2.75, 3.05) is 13.1 Å². The van der Waals surface area contributed by atoms with Crippen LogP contribution in [-0.2, 0) is 9.59 Å². The van der Waals surface area contributed by atoms with Gasteiger partial charge in [0.1, 0.15) is 0 Å². The van der Waals surface area contributed by atoms with Gasteiger partial charge in [-0.25, -0.2) is 0 Å². The van der Waals surface area contributed by atoms with Crippen molar-refractivity contribution in [1.29, 1.82) is 0 Å². The van der Waals surface area contributed by atoms with E-state index in [-0.39, 0.29) is 11.6 Å². The third-order valence-electron chi connectivity index (χ3n) is 1.11. The molecule has 0 aliphatic carbocycles. The Morgan fingerprint density at radius 2 is 1.42 bits per heavy atom. The first-order valence-electron chi connectivity index (χ1n) is 3.36. The lowest BCUT2D eigenvalue weighted by molar-refractivity contribution is -0.112. The van der Waals surface area contributed by atoms with E-state index in [1.165, 1.54) is 12.4 Å². The highest BCUT2D eigenvalue weighted by molar-refractivity contribution is 6.30. The maximum absolute atomic E-state index is 10.0. The van der Waals surface area contributed by atoms with Crippen molar-refractivity contribution < 1.29 is 9.59 Å². The van der Waals surface area contributed by atoms with Crippen LogP contribution in [0.2, 0.25) is 0 Å². The standard InChI is InChI=1S/2C3H4N2O/c2*6-3-1-4-5-2-3/h2*1,5H,2H2. The maximum atomic E-state index is 10.0. The maximum Gasteiger partial charge on any atom is 0.196 e. The van der Waals surface area contributed by atoms with E-state index < -0.39 is 0 Å². The smallest absolute Gasteiger partial charge is 0.196 e. The minimum absolute atomic E-state index is 0.0509. The number of hydrogen-bond acceptors (Lipinski definition) is 6. The van der Waals surface area contributed by atoms with Crippen LogP contribution in [0.25, 0.3) is 0 Å². The Morgan fingerprint density at radius 3 is 1.50 bits per heavy atom. The van der Waals surface area contributed by atoms with Gasteiger partial charge in [-0.15, -0.1) is 0 Å². The van der Waals surface area contributed by atoms with Gasteiger partial charge in [0, 0.05) is 0 Å². The van der Waals surface area contributed by atoms with E-state index in [0.717, 1.165) is 0 Å². The summed E-state index contributed by atoms with van der Waals surface area (Å²) in [4.78, 5) is 20.1. The molecule has 0 saturated heterocycles. The van der Waals surface area contributed by atoms with Gasteiger partial charge in [0.25, 0.3) is 0 Å². The molecular formula is C6H8N4O2. The first kappa shape index (κ1) is 8.38. The van der Waals surface area contributed by atoms with Crippen LogP contribution in [0.1, 0.15) is 0 Å². The molecule has 6 nitrogen and oxygen atoms in total. The van der Waals surface area contributed by atoms with Gasteiger partial charge in [-0.2, -0.15) is 10.2 Å². The summed E-state index contributed by atoms with van der Waals surface area (Å²) in [6.45, 7) is 0.750. The van der Waals surface area contributed by atoms with Gasteiger partial charge in [-0.05, 0) is 0 Å². The summed E-state index contributed by atoms with van der Waals surface area (Å²) >= 11 is 0. The number of carbonyl (C=O) groups is 2. The molecule has 0 spiro atoms. The van der Waals surface area contributed by atoms with Crippen LogP contribution in [-0.4, -0.2) is 37.1 Å². The van der Waals surface area contributed by atoms with E-state index >= 15 is 0 Å². The second-order valence-corrected chi connectivity index (χ2v) is 2.12. The lowest BCUT2D eigenvalue weighted by Crippen LogP contribution is -2.07. The van der Waals surface area contributed by atoms with Crippen LogP contribution < -0.4 is 10.9 Å². The van der Waals surface area contributed by atoms with Crippen molar-refractivity contribution in [2.45, 2.75) is 0 Å². The Labute approximate surface area is 68.7 Å². The molecule has 12 heavy (non-hydrogen) atoms. The first-order valence-corrected chi connectivity index (χ1v) is 3.36. The molecule has 0 fully saturated rings. The molecular weight excluding hydrogens is 160 g/mol. The molecule has 0 amide bonds. The van der Waals surface area contributed by atoms with Crippen LogP contribution in [0.3, 0.4) is 0 Å². The number of Topliss-reactive ketones (excluding diaryl/α,β-unsaturated/α-hetero) is 2. The van der Waals surface area contributed by atoms with Gasteiger partial charge in [-0.3, -0.25) is 9.59 Å². The summed E-state index contributed by atoms with van der Waals surface area (Å²) in [5.74, 6) is 0.102. The predicted octanol–water partition coefficient (Wildman–Crippen LogP) is -1.71. The molecule has 6 heteroatoms. The van der Waals surface area contributed by atoms with Crippen LogP contribution in [0.5, 0.6) is 0 Å². The molecule has 0 radical (unpaired) electrons. The van der Waals surface area contributed by atoms with Crippen molar-refractivity contribution in [3.8, 4) is 0 Å². The number of hydrogen-bond donors (Lipinski definition) is 2. The average Bonchev–Trinajstić information content (AvgIpc) is 2.63. The number of hydrazone groups is 2. The summed E-state index contributed by atoms with van der Waals surface area (Å²) in [6.07, 6.45) is 2.56. The van der Waals surface area contributed by atoms with Crippen molar-refractivity contribution >= 4 is 24.0 Å².